The van der Waals surface area contributed by atoms with Crippen molar-refractivity contribution in [2.45, 2.75) is 194 Å². The third-order valence-corrected chi connectivity index (χ3v) is 8.41. The van der Waals surface area contributed by atoms with Gasteiger partial charge in [-0.15, -0.1) is 0 Å². The van der Waals surface area contributed by atoms with Gasteiger partial charge >= 0.3 is 0 Å². The van der Waals surface area contributed by atoms with Crippen LogP contribution in [0.1, 0.15) is 193 Å². The fourth-order valence-corrected chi connectivity index (χ4v) is 5.69. The minimum Gasteiger partial charge on any atom is -0.493 e. The minimum atomic E-state index is 0.0190. The van der Waals surface area contributed by atoms with Crippen molar-refractivity contribution in [3.05, 3.63) is 23.8 Å². The summed E-state index contributed by atoms with van der Waals surface area (Å²) in [6, 6.07) is 5.88. The van der Waals surface area contributed by atoms with E-state index in [1.807, 2.05) is 18.2 Å². The van der Waals surface area contributed by atoms with Crippen molar-refractivity contribution in [1.29, 1.82) is 0 Å². The first-order chi connectivity index (χ1) is 20.3. The van der Waals surface area contributed by atoms with Crippen LogP contribution in [0.3, 0.4) is 0 Å². The first-order valence-corrected chi connectivity index (χ1v) is 18.3. The summed E-state index contributed by atoms with van der Waals surface area (Å²) in [5, 5.41) is 9.67. The zero-order chi connectivity index (χ0) is 29.5. The molecule has 0 saturated carbocycles. The van der Waals surface area contributed by atoms with Crippen molar-refractivity contribution in [2.75, 3.05) is 13.2 Å². The predicted octanol–water partition coefficient (Wildman–Crippen LogP) is 12.5. The normalized spacial score (nSPS) is 11.3. The summed E-state index contributed by atoms with van der Waals surface area (Å²) in [5.74, 6) is 1.65. The molecule has 0 spiro atoms. The van der Waals surface area contributed by atoms with Crippen LogP contribution < -0.4 is 9.47 Å². The van der Waals surface area contributed by atoms with E-state index in [2.05, 4.69) is 13.8 Å². The van der Waals surface area contributed by atoms with E-state index in [1.165, 1.54) is 161 Å². The molecule has 0 aliphatic heterocycles. The Morgan fingerprint density at radius 2 is 0.659 bits per heavy atom. The van der Waals surface area contributed by atoms with Gasteiger partial charge in [0.1, 0.15) is 11.5 Å². The highest BCUT2D eigenvalue weighted by molar-refractivity contribution is 5.38. The molecule has 0 saturated heterocycles. The van der Waals surface area contributed by atoms with Gasteiger partial charge in [0.2, 0.25) is 0 Å². The molecule has 1 rings (SSSR count). The van der Waals surface area contributed by atoms with Crippen LogP contribution in [0.15, 0.2) is 18.2 Å². The van der Waals surface area contributed by atoms with Crippen molar-refractivity contribution in [2.24, 2.45) is 0 Å². The van der Waals surface area contributed by atoms with Crippen molar-refractivity contribution < 1.29 is 14.6 Å². The van der Waals surface area contributed by atoms with E-state index in [-0.39, 0.29) is 6.61 Å². The molecule has 3 heteroatoms. The Morgan fingerprint density at radius 1 is 0.390 bits per heavy atom. The maximum atomic E-state index is 9.67. The van der Waals surface area contributed by atoms with Crippen molar-refractivity contribution in [3.63, 3.8) is 0 Å². The lowest BCUT2D eigenvalue weighted by Gasteiger charge is -2.12. The molecule has 1 aromatic rings. The van der Waals surface area contributed by atoms with Crippen molar-refractivity contribution in [3.8, 4) is 11.5 Å². The number of aliphatic hydroxyl groups excluding tert-OH is 1. The van der Waals surface area contributed by atoms with Gasteiger partial charge in [-0.25, -0.2) is 0 Å². The smallest absolute Gasteiger partial charge is 0.123 e. The van der Waals surface area contributed by atoms with E-state index < -0.39 is 0 Å². The van der Waals surface area contributed by atoms with Crippen molar-refractivity contribution in [1.82, 2.24) is 0 Å². The molecule has 0 atom stereocenters. The zero-order valence-corrected chi connectivity index (χ0v) is 27.7. The molecular formula is C38H70O3. The standard InChI is InChI=1S/C38H70O3/c1-3-5-7-9-11-13-15-17-19-21-23-25-27-29-31-41-38-33-36(35-39)32-37(34-38)40-30-28-26-24-22-20-18-16-14-12-10-8-6-4-2/h32-34,39H,3-31,35H2,1-2H3. The quantitative estimate of drug-likeness (QED) is 0.0870. The molecule has 1 aromatic carbocycles. The number of rotatable bonds is 32. The Hall–Kier alpha value is -1.22. The number of ether oxygens (including phenoxy) is 2. The number of benzene rings is 1. The number of hydrogen-bond donors (Lipinski definition) is 1. The molecule has 240 valence electrons. The summed E-state index contributed by atoms with van der Waals surface area (Å²) in [4.78, 5) is 0. The Labute approximate surface area is 256 Å². The molecule has 41 heavy (non-hydrogen) atoms. The Morgan fingerprint density at radius 3 is 0.927 bits per heavy atom. The lowest BCUT2D eigenvalue weighted by Crippen LogP contribution is -2.01. The molecule has 1 N–H and O–H groups in total. The Kier molecular flexibility index (Phi) is 27.9. The molecule has 0 heterocycles. The van der Waals surface area contributed by atoms with Crippen LogP contribution in [0.4, 0.5) is 0 Å². The van der Waals surface area contributed by atoms with E-state index in [0.29, 0.717) is 0 Å². The van der Waals surface area contributed by atoms with E-state index in [0.717, 1.165) is 43.1 Å². The maximum Gasteiger partial charge on any atom is 0.123 e. The van der Waals surface area contributed by atoms with Gasteiger partial charge in [0, 0.05) is 6.07 Å². The molecule has 3 nitrogen and oxygen atoms in total. The van der Waals surface area contributed by atoms with E-state index in [4.69, 9.17) is 9.47 Å². The second-order valence-corrected chi connectivity index (χ2v) is 12.5. The molecule has 0 fully saturated rings. The summed E-state index contributed by atoms with van der Waals surface area (Å²) in [6.45, 7) is 6.08. The van der Waals surface area contributed by atoms with Crippen LogP contribution in [-0.4, -0.2) is 18.3 Å². The van der Waals surface area contributed by atoms with Gasteiger partial charge in [-0.3, -0.25) is 0 Å². The van der Waals surface area contributed by atoms with Crippen LogP contribution >= 0.6 is 0 Å². The maximum absolute atomic E-state index is 9.67. The summed E-state index contributed by atoms with van der Waals surface area (Å²) in [5.41, 5.74) is 0.865. The highest BCUT2D eigenvalue weighted by Crippen LogP contribution is 2.24. The third kappa shape index (κ3) is 25.0. The fourth-order valence-electron chi connectivity index (χ4n) is 5.69. The molecule has 0 amide bonds. The van der Waals surface area contributed by atoms with Gasteiger partial charge in [-0.2, -0.15) is 0 Å². The van der Waals surface area contributed by atoms with Gasteiger partial charge in [0.15, 0.2) is 0 Å². The number of unbranched alkanes of at least 4 members (excludes halogenated alkanes) is 25. The number of aliphatic hydroxyl groups is 1. The monoisotopic (exact) mass is 575 g/mol. The highest BCUT2D eigenvalue weighted by atomic mass is 16.5. The predicted molar refractivity (Wildman–Crippen MR) is 179 cm³/mol. The zero-order valence-electron chi connectivity index (χ0n) is 27.7. The summed E-state index contributed by atoms with van der Waals surface area (Å²) in [6.07, 6.45) is 36.8. The molecular weight excluding hydrogens is 504 g/mol. The topological polar surface area (TPSA) is 38.7 Å². The van der Waals surface area contributed by atoms with Crippen molar-refractivity contribution >= 4 is 0 Å². The van der Waals surface area contributed by atoms with Crippen LogP contribution in [0.25, 0.3) is 0 Å². The summed E-state index contributed by atoms with van der Waals surface area (Å²) >= 11 is 0. The molecule has 0 aromatic heterocycles. The Bertz CT molecular complexity index is 659. The summed E-state index contributed by atoms with van der Waals surface area (Å²) in [7, 11) is 0. The van der Waals surface area contributed by atoms with Gasteiger partial charge in [0.05, 0.1) is 19.8 Å². The fraction of sp³-hybridized carbons (Fsp3) is 0.842. The van der Waals surface area contributed by atoms with Gasteiger partial charge in [-0.05, 0) is 30.5 Å². The van der Waals surface area contributed by atoms with Gasteiger partial charge in [0.25, 0.3) is 0 Å². The first kappa shape index (κ1) is 37.8. The third-order valence-electron chi connectivity index (χ3n) is 8.41. The lowest BCUT2D eigenvalue weighted by atomic mass is 10.0. The van der Waals surface area contributed by atoms with Crippen LogP contribution in [-0.2, 0) is 6.61 Å². The Balaban J connectivity index is 2.00. The average Bonchev–Trinajstić information content (AvgIpc) is 2.99. The summed E-state index contributed by atoms with van der Waals surface area (Å²) < 4.78 is 12.1. The molecule has 0 bridgehead atoms. The number of hydrogen-bond acceptors (Lipinski definition) is 3. The molecule has 0 radical (unpaired) electrons. The van der Waals surface area contributed by atoms with E-state index in [9.17, 15) is 5.11 Å². The average molecular weight is 575 g/mol. The lowest BCUT2D eigenvalue weighted by molar-refractivity contribution is 0.271. The largest absolute Gasteiger partial charge is 0.493 e. The second-order valence-electron chi connectivity index (χ2n) is 12.5. The van der Waals surface area contributed by atoms with Crippen LogP contribution in [0.5, 0.6) is 11.5 Å². The van der Waals surface area contributed by atoms with E-state index >= 15 is 0 Å². The van der Waals surface area contributed by atoms with Crippen LogP contribution in [0, 0.1) is 0 Å². The van der Waals surface area contributed by atoms with Gasteiger partial charge in [-0.1, -0.05) is 174 Å². The highest BCUT2D eigenvalue weighted by Gasteiger charge is 2.04. The van der Waals surface area contributed by atoms with E-state index in [1.54, 1.807) is 0 Å². The van der Waals surface area contributed by atoms with Crippen LogP contribution in [0.2, 0.25) is 0 Å². The molecule has 0 aliphatic rings. The van der Waals surface area contributed by atoms with Gasteiger partial charge < -0.3 is 14.6 Å². The molecule has 0 aliphatic carbocycles. The second kappa shape index (κ2) is 30.2. The minimum absolute atomic E-state index is 0.0190. The molecule has 0 unspecified atom stereocenters. The first-order valence-electron chi connectivity index (χ1n) is 18.3. The SMILES string of the molecule is CCCCCCCCCCCCCCCCOc1cc(CO)cc(OCCCCCCCCCCCCCCC)c1.